The molecule has 0 saturated heterocycles. The van der Waals surface area contributed by atoms with Gasteiger partial charge in [0.2, 0.25) is 5.88 Å². The number of hydrogen-bond donors (Lipinski definition) is 0. The first-order chi connectivity index (χ1) is 20.3. The third-order valence-corrected chi connectivity index (χ3v) is 7.43. The van der Waals surface area contributed by atoms with Gasteiger partial charge in [0.05, 0.1) is 33.1 Å². The van der Waals surface area contributed by atoms with E-state index in [1.54, 1.807) is 50.5 Å². The SMILES string of the molecule is COc1ccc(C2C3=C(CC(C)(C)CC3=O)Oc3ncn4nc(CO/N=C/c5ccc(OC)c(OC)c5)nc4c32)cc1. The molecule has 3 heterocycles. The standard InChI is InChI=1S/C31H31N5O6/c1-31(2)13-21(37)27-24(14-31)42-30-28(26(27)19-7-9-20(38-3)10-8-19)29-34-25(35-36(29)17-32-30)16-41-33-15-18-6-11-22(39-4)23(12-18)40-5/h6-12,15,17,26H,13-14,16H2,1-5H3/b33-15+. The Bertz CT molecular complexity index is 1720. The Morgan fingerprint density at radius 3 is 2.57 bits per heavy atom. The summed E-state index contributed by atoms with van der Waals surface area (Å²) in [4.78, 5) is 28.4. The summed E-state index contributed by atoms with van der Waals surface area (Å²) in [5.74, 6) is 3.06. The van der Waals surface area contributed by atoms with Crippen LogP contribution in [0.5, 0.6) is 23.1 Å². The Morgan fingerprint density at radius 2 is 1.83 bits per heavy atom. The molecule has 2 aromatic carbocycles. The maximum Gasteiger partial charge on any atom is 0.228 e. The van der Waals surface area contributed by atoms with Crippen LogP contribution < -0.4 is 18.9 Å². The van der Waals surface area contributed by atoms with Crippen molar-refractivity contribution in [1.82, 2.24) is 19.6 Å². The fourth-order valence-corrected chi connectivity index (χ4v) is 5.51. The van der Waals surface area contributed by atoms with Crippen molar-refractivity contribution in [1.29, 1.82) is 0 Å². The van der Waals surface area contributed by atoms with Crippen molar-refractivity contribution in [2.45, 2.75) is 39.2 Å². The number of aromatic nitrogens is 4. The molecular formula is C31H31N5O6. The summed E-state index contributed by atoms with van der Waals surface area (Å²) in [6, 6.07) is 13.1. The smallest absolute Gasteiger partial charge is 0.228 e. The highest BCUT2D eigenvalue weighted by molar-refractivity contribution is 6.00. The summed E-state index contributed by atoms with van der Waals surface area (Å²) in [5, 5.41) is 8.62. The summed E-state index contributed by atoms with van der Waals surface area (Å²) < 4.78 is 23.9. The number of Topliss-reactive ketones (excluding diaryl/α,β-unsaturated/α-hetero) is 1. The highest BCUT2D eigenvalue weighted by Gasteiger charge is 2.44. The first-order valence-corrected chi connectivity index (χ1v) is 13.5. The molecule has 0 bridgehead atoms. The Hall–Kier alpha value is -4.93. The molecule has 42 heavy (non-hydrogen) atoms. The molecule has 216 valence electrons. The lowest BCUT2D eigenvalue weighted by Crippen LogP contribution is -2.33. The number of methoxy groups -OCH3 is 3. The molecule has 11 heteroatoms. The highest BCUT2D eigenvalue weighted by Crippen LogP contribution is 2.50. The maximum absolute atomic E-state index is 13.6. The van der Waals surface area contributed by atoms with Gasteiger partial charge in [0.1, 0.15) is 17.8 Å². The predicted molar refractivity (Wildman–Crippen MR) is 153 cm³/mol. The van der Waals surface area contributed by atoms with Crippen molar-refractivity contribution in [3.63, 3.8) is 0 Å². The number of ether oxygens (including phenoxy) is 4. The second kappa shape index (κ2) is 10.8. The number of hydrogen-bond acceptors (Lipinski definition) is 10. The van der Waals surface area contributed by atoms with Gasteiger partial charge in [-0.3, -0.25) is 4.79 Å². The van der Waals surface area contributed by atoms with E-state index in [9.17, 15) is 4.79 Å². The van der Waals surface area contributed by atoms with Crippen molar-refractivity contribution in [2.75, 3.05) is 21.3 Å². The minimum Gasteiger partial charge on any atom is -0.497 e. The minimum absolute atomic E-state index is 0.0232. The number of carbonyl (C=O) groups excluding carboxylic acids is 1. The van der Waals surface area contributed by atoms with Crippen molar-refractivity contribution < 1.29 is 28.6 Å². The zero-order valence-electron chi connectivity index (χ0n) is 24.1. The molecule has 0 N–H and O–H groups in total. The van der Waals surface area contributed by atoms with Gasteiger partial charge in [-0.25, -0.2) is 14.5 Å². The second-order valence-electron chi connectivity index (χ2n) is 11.0. The van der Waals surface area contributed by atoms with Gasteiger partial charge in [0.25, 0.3) is 0 Å². The van der Waals surface area contributed by atoms with Crippen LogP contribution in [-0.2, 0) is 16.2 Å². The second-order valence-corrected chi connectivity index (χ2v) is 11.0. The molecule has 2 aromatic heterocycles. The van der Waals surface area contributed by atoms with Crippen LogP contribution in [0.2, 0.25) is 0 Å². The Kier molecular flexibility index (Phi) is 7.01. The third-order valence-electron chi connectivity index (χ3n) is 7.43. The van der Waals surface area contributed by atoms with Gasteiger partial charge in [0.15, 0.2) is 35.4 Å². The number of nitrogens with zero attached hydrogens (tertiary/aromatic N) is 5. The summed E-state index contributed by atoms with van der Waals surface area (Å²) in [7, 11) is 4.78. The number of rotatable bonds is 8. The molecule has 1 unspecified atom stereocenters. The molecule has 1 atom stereocenters. The van der Waals surface area contributed by atoms with Gasteiger partial charge in [0, 0.05) is 29.9 Å². The number of carbonyl (C=O) groups is 1. The lowest BCUT2D eigenvalue weighted by Gasteiger charge is -2.37. The van der Waals surface area contributed by atoms with Crippen LogP contribution in [0.25, 0.3) is 5.65 Å². The lowest BCUT2D eigenvalue weighted by molar-refractivity contribution is -0.118. The zero-order chi connectivity index (χ0) is 29.4. The molecular weight excluding hydrogens is 538 g/mol. The van der Waals surface area contributed by atoms with E-state index in [-0.39, 0.29) is 17.8 Å². The average Bonchev–Trinajstić information content (AvgIpc) is 3.41. The number of fused-ring (bicyclic) bond motifs is 3. The topological polar surface area (TPSA) is 119 Å². The summed E-state index contributed by atoms with van der Waals surface area (Å²) in [6.45, 7) is 4.17. The average molecular weight is 570 g/mol. The number of benzene rings is 2. The van der Waals surface area contributed by atoms with E-state index in [1.807, 2.05) is 30.3 Å². The van der Waals surface area contributed by atoms with Crippen LogP contribution in [0.4, 0.5) is 0 Å². The Labute approximate surface area is 242 Å². The van der Waals surface area contributed by atoms with E-state index in [0.29, 0.717) is 58.6 Å². The summed E-state index contributed by atoms with van der Waals surface area (Å²) >= 11 is 0. The van der Waals surface area contributed by atoms with Crippen LogP contribution in [-0.4, -0.2) is 52.9 Å². The Morgan fingerprint density at radius 1 is 1.05 bits per heavy atom. The quantitative estimate of drug-likeness (QED) is 0.216. The molecule has 0 saturated carbocycles. The minimum atomic E-state index is -0.421. The zero-order valence-corrected chi connectivity index (χ0v) is 24.1. The molecule has 2 aliphatic rings. The largest absolute Gasteiger partial charge is 0.497 e. The van der Waals surface area contributed by atoms with Gasteiger partial charge in [-0.2, -0.15) is 0 Å². The van der Waals surface area contributed by atoms with Gasteiger partial charge >= 0.3 is 0 Å². The molecule has 0 amide bonds. The van der Waals surface area contributed by atoms with Crippen molar-refractivity contribution in [3.05, 3.63) is 82.6 Å². The molecule has 11 nitrogen and oxygen atoms in total. The third kappa shape index (κ3) is 5.02. The molecule has 1 aliphatic carbocycles. The fraction of sp³-hybridized carbons (Fsp3) is 0.323. The number of oxime groups is 1. The van der Waals surface area contributed by atoms with Gasteiger partial charge in [-0.15, -0.1) is 5.10 Å². The van der Waals surface area contributed by atoms with Crippen LogP contribution in [0, 0.1) is 5.41 Å². The molecule has 0 radical (unpaired) electrons. The van der Waals surface area contributed by atoms with Gasteiger partial charge in [-0.1, -0.05) is 31.1 Å². The fourth-order valence-electron chi connectivity index (χ4n) is 5.51. The predicted octanol–water partition coefficient (Wildman–Crippen LogP) is 4.87. The maximum atomic E-state index is 13.6. The van der Waals surface area contributed by atoms with Crippen LogP contribution in [0.3, 0.4) is 0 Å². The Balaban J connectivity index is 1.33. The van der Waals surface area contributed by atoms with E-state index in [2.05, 4.69) is 29.1 Å². The first kappa shape index (κ1) is 27.3. The molecule has 0 fully saturated rings. The molecule has 6 rings (SSSR count). The van der Waals surface area contributed by atoms with Crippen LogP contribution in [0.15, 0.2) is 65.3 Å². The van der Waals surface area contributed by atoms with Gasteiger partial charge in [-0.05, 0) is 41.3 Å². The number of ketones is 1. The van der Waals surface area contributed by atoms with Gasteiger partial charge < -0.3 is 23.8 Å². The summed E-state index contributed by atoms with van der Waals surface area (Å²) in [5.41, 5.74) is 3.34. The number of allylic oxidation sites excluding steroid dienone is 2. The van der Waals surface area contributed by atoms with Crippen molar-refractivity contribution in [2.24, 2.45) is 10.6 Å². The van der Waals surface area contributed by atoms with E-state index >= 15 is 0 Å². The van der Waals surface area contributed by atoms with E-state index in [4.69, 9.17) is 28.8 Å². The van der Waals surface area contributed by atoms with Crippen molar-refractivity contribution in [3.8, 4) is 23.1 Å². The first-order valence-electron chi connectivity index (χ1n) is 13.5. The normalized spacial score (nSPS) is 17.5. The molecule has 1 aliphatic heterocycles. The molecule has 4 aromatic rings. The highest BCUT2D eigenvalue weighted by atomic mass is 16.6. The van der Waals surface area contributed by atoms with E-state index in [1.165, 1.54) is 0 Å². The lowest BCUT2D eigenvalue weighted by atomic mass is 9.70. The molecule has 0 spiro atoms. The monoisotopic (exact) mass is 569 g/mol. The van der Waals surface area contributed by atoms with Crippen LogP contribution in [0.1, 0.15) is 55.1 Å². The van der Waals surface area contributed by atoms with E-state index < -0.39 is 5.92 Å². The summed E-state index contributed by atoms with van der Waals surface area (Å²) in [6.07, 6.45) is 4.19. The van der Waals surface area contributed by atoms with Crippen molar-refractivity contribution >= 4 is 17.6 Å². The van der Waals surface area contributed by atoms with Crippen LogP contribution >= 0.6 is 0 Å². The van der Waals surface area contributed by atoms with E-state index in [0.717, 1.165) is 16.9 Å².